The van der Waals surface area contributed by atoms with Crippen LogP contribution in [0.25, 0.3) is 0 Å². The van der Waals surface area contributed by atoms with E-state index in [1.54, 1.807) is 0 Å². The van der Waals surface area contributed by atoms with Gasteiger partial charge in [-0.15, -0.1) is 0 Å². The van der Waals surface area contributed by atoms with Crippen molar-refractivity contribution in [2.75, 3.05) is 31.1 Å². The predicted octanol–water partition coefficient (Wildman–Crippen LogP) is 1.64. The molecule has 1 saturated carbocycles. The molecule has 0 bridgehead atoms. The number of hydrogen-bond donors (Lipinski definition) is 1. The highest BCUT2D eigenvalue weighted by Crippen LogP contribution is 2.34. The van der Waals surface area contributed by atoms with Crippen molar-refractivity contribution in [2.24, 2.45) is 11.7 Å². The van der Waals surface area contributed by atoms with Gasteiger partial charge >= 0.3 is 0 Å². The third-order valence-electron chi connectivity index (χ3n) is 4.95. The van der Waals surface area contributed by atoms with Crippen molar-refractivity contribution in [3.8, 4) is 0 Å². The standard InChI is InChI=1S/C17H26N4O/c1-2-20(16(22)17(18)8-9-17)13-14-6-11-21(12-7-14)15-5-3-4-10-19-15/h3-5,10,14H,2,6-9,11-13,18H2,1H3. The van der Waals surface area contributed by atoms with Gasteiger partial charge in [-0.2, -0.15) is 0 Å². The van der Waals surface area contributed by atoms with E-state index in [-0.39, 0.29) is 5.91 Å². The van der Waals surface area contributed by atoms with Crippen LogP contribution in [0, 0.1) is 5.92 Å². The van der Waals surface area contributed by atoms with E-state index in [1.807, 2.05) is 30.2 Å². The highest BCUT2D eigenvalue weighted by molar-refractivity contribution is 5.89. The minimum atomic E-state index is -0.537. The topological polar surface area (TPSA) is 62.5 Å². The normalized spacial score (nSPS) is 20.7. The van der Waals surface area contributed by atoms with Crippen molar-refractivity contribution in [1.82, 2.24) is 9.88 Å². The number of nitrogens with two attached hydrogens (primary N) is 1. The van der Waals surface area contributed by atoms with Gasteiger partial charge in [0.15, 0.2) is 0 Å². The third kappa shape index (κ3) is 3.24. The fraction of sp³-hybridized carbons (Fsp3) is 0.647. The zero-order valence-electron chi connectivity index (χ0n) is 13.4. The average molecular weight is 302 g/mol. The molecule has 5 heteroatoms. The molecule has 2 heterocycles. The van der Waals surface area contributed by atoms with Crippen molar-refractivity contribution >= 4 is 11.7 Å². The van der Waals surface area contributed by atoms with Gasteiger partial charge in [-0.25, -0.2) is 4.98 Å². The molecular formula is C17H26N4O. The molecule has 0 aromatic carbocycles. The molecule has 1 saturated heterocycles. The van der Waals surface area contributed by atoms with Crippen LogP contribution in [0.15, 0.2) is 24.4 Å². The van der Waals surface area contributed by atoms with Crippen LogP contribution >= 0.6 is 0 Å². The number of nitrogens with zero attached hydrogens (tertiary/aromatic N) is 3. The summed E-state index contributed by atoms with van der Waals surface area (Å²) in [6.07, 6.45) is 5.76. The molecule has 3 rings (SSSR count). The molecule has 0 radical (unpaired) electrons. The molecule has 1 aliphatic heterocycles. The molecule has 2 N–H and O–H groups in total. The van der Waals surface area contributed by atoms with Crippen molar-refractivity contribution in [3.63, 3.8) is 0 Å². The zero-order chi connectivity index (χ0) is 15.6. The third-order valence-corrected chi connectivity index (χ3v) is 4.95. The van der Waals surface area contributed by atoms with Gasteiger partial charge < -0.3 is 15.5 Å². The molecular weight excluding hydrogens is 276 g/mol. The molecule has 0 unspecified atom stereocenters. The first-order valence-corrected chi connectivity index (χ1v) is 8.36. The van der Waals surface area contributed by atoms with Crippen LogP contribution in [0.5, 0.6) is 0 Å². The molecule has 1 aromatic heterocycles. The monoisotopic (exact) mass is 302 g/mol. The SMILES string of the molecule is CCN(CC1CCN(c2ccccn2)CC1)C(=O)C1(N)CC1. The summed E-state index contributed by atoms with van der Waals surface area (Å²) in [6.45, 7) is 5.69. The summed E-state index contributed by atoms with van der Waals surface area (Å²) in [4.78, 5) is 21.1. The maximum absolute atomic E-state index is 12.4. The quantitative estimate of drug-likeness (QED) is 0.898. The summed E-state index contributed by atoms with van der Waals surface area (Å²) in [5, 5.41) is 0. The Labute approximate surface area is 132 Å². The first kappa shape index (κ1) is 15.3. The van der Waals surface area contributed by atoms with Crippen molar-refractivity contribution in [2.45, 2.75) is 38.1 Å². The molecule has 1 aromatic rings. The molecule has 1 aliphatic carbocycles. The smallest absolute Gasteiger partial charge is 0.242 e. The summed E-state index contributed by atoms with van der Waals surface area (Å²) in [6, 6.07) is 6.04. The Morgan fingerprint density at radius 2 is 2.14 bits per heavy atom. The van der Waals surface area contributed by atoms with Crippen LogP contribution in [0.4, 0.5) is 5.82 Å². The van der Waals surface area contributed by atoms with Crippen LogP contribution < -0.4 is 10.6 Å². The highest BCUT2D eigenvalue weighted by atomic mass is 16.2. The molecule has 0 atom stereocenters. The Morgan fingerprint density at radius 3 is 2.68 bits per heavy atom. The van der Waals surface area contributed by atoms with Gasteiger partial charge in [-0.3, -0.25) is 4.79 Å². The zero-order valence-corrected chi connectivity index (χ0v) is 13.4. The second kappa shape index (κ2) is 6.24. The summed E-state index contributed by atoms with van der Waals surface area (Å²) in [5.41, 5.74) is 5.53. The average Bonchev–Trinajstić information content (AvgIpc) is 3.32. The molecule has 5 nitrogen and oxygen atoms in total. The number of rotatable bonds is 5. The predicted molar refractivity (Wildman–Crippen MR) is 87.6 cm³/mol. The summed E-state index contributed by atoms with van der Waals surface area (Å²) in [5.74, 6) is 1.79. The van der Waals surface area contributed by atoms with E-state index in [0.717, 1.165) is 57.7 Å². The Balaban J connectivity index is 1.52. The largest absolute Gasteiger partial charge is 0.357 e. The minimum Gasteiger partial charge on any atom is -0.357 e. The van der Waals surface area contributed by atoms with Crippen LogP contribution in [-0.2, 0) is 4.79 Å². The van der Waals surface area contributed by atoms with E-state index in [0.29, 0.717) is 5.92 Å². The Hall–Kier alpha value is -1.62. The van der Waals surface area contributed by atoms with Crippen molar-refractivity contribution < 1.29 is 4.79 Å². The van der Waals surface area contributed by atoms with Crippen molar-refractivity contribution in [3.05, 3.63) is 24.4 Å². The van der Waals surface area contributed by atoms with E-state index >= 15 is 0 Å². The highest BCUT2D eigenvalue weighted by Gasteiger charge is 2.48. The number of carbonyl (C=O) groups is 1. The lowest BCUT2D eigenvalue weighted by Gasteiger charge is -2.35. The summed E-state index contributed by atoms with van der Waals surface area (Å²) >= 11 is 0. The number of aromatic nitrogens is 1. The summed E-state index contributed by atoms with van der Waals surface area (Å²) in [7, 11) is 0. The second-order valence-electron chi connectivity index (χ2n) is 6.62. The van der Waals surface area contributed by atoms with Gasteiger partial charge in [0.25, 0.3) is 0 Å². The number of amides is 1. The van der Waals surface area contributed by atoms with Gasteiger partial charge in [-0.05, 0) is 50.7 Å². The van der Waals surface area contributed by atoms with Crippen LogP contribution in [-0.4, -0.2) is 47.5 Å². The Kier molecular flexibility index (Phi) is 4.34. The number of pyridine rings is 1. The van der Waals surface area contributed by atoms with Gasteiger partial charge in [0.1, 0.15) is 5.82 Å². The fourth-order valence-electron chi connectivity index (χ4n) is 3.22. The second-order valence-corrected chi connectivity index (χ2v) is 6.62. The fourth-order valence-corrected chi connectivity index (χ4v) is 3.22. The van der Waals surface area contributed by atoms with Crippen LogP contribution in [0.2, 0.25) is 0 Å². The lowest BCUT2D eigenvalue weighted by molar-refractivity contribution is -0.134. The van der Waals surface area contributed by atoms with E-state index < -0.39 is 5.54 Å². The maximum atomic E-state index is 12.4. The number of piperidine rings is 1. The van der Waals surface area contributed by atoms with Gasteiger partial charge in [0.2, 0.25) is 5.91 Å². The molecule has 2 aliphatic rings. The molecule has 120 valence electrons. The van der Waals surface area contributed by atoms with Crippen LogP contribution in [0.1, 0.15) is 32.6 Å². The van der Waals surface area contributed by atoms with Gasteiger partial charge in [0, 0.05) is 32.4 Å². The van der Waals surface area contributed by atoms with Crippen LogP contribution in [0.3, 0.4) is 0 Å². The van der Waals surface area contributed by atoms with E-state index in [4.69, 9.17) is 5.73 Å². The van der Waals surface area contributed by atoms with Crippen molar-refractivity contribution in [1.29, 1.82) is 0 Å². The minimum absolute atomic E-state index is 0.155. The van der Waals surface area contributed by atoms with Gasteiger partial charge in [-0.1, -0.05) is 6.07 Å². The van der Waals surface area contributed by atoms with E-state index in [2.05, 4.69) is 16.0 Å². The number of hydrogen-bond acceptors (Lipinski definition) is 4. The number of likely N-dealkylation sites (N-methyl/N-ethyl adjacent to an activating group) is 1. The first-order valence-electron chi connectivity index (χ1n) is 8.36. The maximum Gasteiger partial charge on any atom is 0.242 e. The van der Waals surface area contributed by atoms with Gasteiger partial charge in [0.05, 0.1) is 5.54 Å². The molecule has 22 heavy (non-hydrogen) atoms. The molecule has 1 amide bonds. The summed E-state index contributed by atoms with van der Waals surface area (Å²) < 4.78 is 0. The molecule has 2 fully saturated rings. The van der Waals surface area contributed by atoms with E-state index in [1.165, 1.54) is 0 Å². The van der Waals surface area contributed by atoms with E-state index in [9.17, 15) is 4.79 Å². The first-order chi connectivity index (χ1) is 10.6. The number of carbonyl (C=O) groups excluding carboxylic acids is 1. The number of anilines is 1. The Morgan fingerprint density at radius 1 is 1.41 bits per heavy atom. The lowest BCUT2D eigenvalue weighted by atomic mass is 9.95. The lowest BCUT2D eigenvalue weighted by Crippen LogP contribution is -2.48. The Bertz CT molecular complexity index is 507. The molecule has 0 spiro atoms.